The Morgan fingerprint density at radius 1 is 1.09 bits per heavy atom. The Labute approximate surface area is 121 Å². The maximum Gasteiger partial charge on any atom is 0.573 e. The van der Waals surface area contributed by atoms with Crippen LogP contribution < -0.4 is 10.3 Å². The zero-order valence-corrected chi connectivity index (χ0v) is 11.2. The molecule has 0 aliphatic rings. The monoisotopic (exact) mass is 310 g/mol. The Morgan fingerprint density at radius 2 is 1.77 bits per heavy atom. The molecule has 0 N–H and O–H groups in total. The molecule has 0 radical (unpaired) electrons. The highest BCUT2D eigenvalue weighted by Crippen LogP contribution is 2.23. The number of imidazole rings is 1. The third-order valence-electron chi connectivity index (χ3n) is 2.97. The number of aryl methyl sites for hydroxylation is 1. The van der Waals surface area contributed by atoms with Crippen molar-refractivity contribution in [3.8, 4) is 11.4 Å². The van der Waals surface area contributed by atoms with Gasteiger partial charge < -0.3 is 9.30 Å². The fourth-order valence-electron chi connectivity index (χ4n) is 2.00. The van der Waals surface area contributed by atoms with E-state index < -0.39 is 11.9 Å². The van der Waals surface area contributed by atoms with Gasteiger partial charge in [0.05, 0.1) is 12.0 Å². The number of ether oxygens (including phenoxy) is 1. The Balaban J connectivity index is 2.01. The number of hydrogen-bond acceptors (Lipinski definition) is 4. The van der Waals surface area contributed by atoms with E-state index in [1.807, 2.05) is 0 Å². The minimum Gasteiger partial charge on any atom is -0.406 e. The fourth-order valence-corrected chi connectivity index (χ4v) is 2.00. The van der Waals surface area contributed by atoms with Crippen molar-refractivity contribution in [3.63, 3.8) is 0 Å². The molecule has 0 fully saturated rings. The first-order valence-electron chi connectivity index (χ1n) is 6.10. The second kappa shape index (κ2) is 4.86. The van der Waals surface area contributed by atoms with Gasteiger partial charge in [0.15, 0.2) is 11.2 Å². The maximum atomic E-state index is 12.3. The van der Waals surface area contributed by atoms with Gasteiger partial charge in [0.2, 0.25) is 0 Å². The Hall–Kier alpha value is -2.84. The molecule has 0 atom stereocenters. The molecular formula is C13H9F3N4O2. The quantitative estimate of drug-likeness (QED) is 0.726. The molecule has 0 saturated heterocycles. The molecule has 114 valence electrons. The van der Waals surface area contributed by atoms with Gasteiger partial charge in [-0.25, -0.2) is 9.97 Å². The second-order valence-electron chi connectivity index (χ2n) is 4.49. The predicted octanol–water partition coefficient (Wildman–Crippen LogP) is 2.02. The Bertz CT molecular complexity index is 881. The molecule has 0 aliphatic heterocycles. The van der Waals surface area contributed by atoms with Crippen LogP contribution in [-0.2, 0) is 7.05 Å². The van der Waals surface area contributed by atoms with Gasteiger partial charge in [0.25, 0.3) is 5.56 Å². The summed E-state index contributed by atoms with van der Waals surface area (Å²) in [5.74, 6) is -0.365. The molecule has 0 saturated carbocycles. The van der Waals surface area contributed by atoms with Crippen molar-refractivity contribution in [2.45, 2.75) is 6.36 Å². The normalized spacial score (nSPS) is 11.8. The van der Waals surface area contributed by atoms with Crippen LogP contribution in [0.3, 0.4) is 0 Å². The second-order valence-corrected chi connectivity index (χ2v) is 4.49. The number of fused-ring (bicyclic) bond motifs is 1. The van der Waals surface area contributed by atoms with E-state index in [0.717, 1.165) is 12.1 Å². The molecule has 1 aromatic carbocycles. The van der Waals surface area contributed by atoms with E-state index in [9.17, 15) is 18.0 Å². The fraction of sp³-hybridized carbons (Fsp3) is 0.154. The van der Waals surface area contributed by atoms with E-state index in [1.54, 1.807) is 11.6 Å². The molecule has 9 heteroatoms. The van der Waals surface area contributed by atoms with Crippen LogP contribution in [0.4, 0.5) is 13.2 Å². The first-order valence-corrected chi connectivity index (χ1v) is 6.10. The first-order chi connectivity index (χ1) is 10.3. The highest BCUT2D eigenvalue weighted by molar-refractivity contribution is 5.69. The van der Waals surface area contributed by atoms with E-state index in [4.69, 9.17) is 0 Å². The summed E-state index contributed by atoms with van der Waals surface area (Å²) in [6.45, 7) is 0. The van der Waals surface area contributed by atoms with Crippen molar-refractivity contribution in [1.29, 1.82) is 0 Å². The smallest absolute Gasteiger partial charge is 0.406 e. The zero-order valence-electron chi connectivity index (χ0n) is 11.2. The van der Waals surface area contributed by atoms with Gasteiger partial charge in [-0.15, -0.1) is 13.2 Å². The van der Waals surface area contributed by atoms with Gasteiger partial charge in [-0.05, 0) is 24.3 Å². The van der Waals surface area contributed by atoms with Gasteiger partial charge in [-0.1, -0.05) is 0 Å². The predicted molar refractivity (Wildman–Crippen MR) is 70.8 cm³/mol. The van der Waals surface area contributed by atoms with E-state index in [0.29, 0.717) is 11.3 Å². The molecule has 0 unspecified atom stereocenters. The van der Waals surface area contributed by atoms with Gasteiger partial charge in [0.1, 0.15) is 12.1 Å². The molecule has 0 bridgehead atoms. The Kier molecular flexibility index (Phi) is 3.12. The summed E-state index contributed by atoms with van der Waals surface area (Å²) in [6, 6.07) is 4.91. The van der Waals surface area contributed by atoms with Gasteiger partial charge in [-0.2, -0.15) is 0 Å². The van der Waals surface area contributed by atoms with Crippen molar-refractivity contribution < 1.29 is 17.9 Å². The molecule has 0 aliphatic carbocycles. The summed E-state index contributed by atoms with van der Waals surface area (Å²) in [5, 5.41) is 0. The van der Waals surface area contributed by atoms with Crippen LogP contribution in [0.2, 0.25) is 0 Å². The van der Waals surface area contributed by atoms with Crippen molar-refractivity contribution in [2.24, 2.45) is 7.05 Å². The summed E-state index contributed by atoms with van der Waals surface area (Å²) in [5.41, 5.74) is 0.563. The minimum absolute atomic E-state index is 0.181. The lowest BCUT2D eigenvalue weighted by Gasteiger charge is -2.10. The number of nitrogens with zero attached hydrogens (tertiary/aromatic N) is 4. The number of halogens is 3. The molecular weight excluding hydrogens is 301 g/mol. The third kappa shape index (κ3) is 2.52. The summed E-state index contributed by atoms with van der Waals surface area (Å²) < 4.78 is 42.9. The van der Waals surface area contributed by atoms with E-state index in [2.05, 4.69) is 14.7 Å². The molecule has 22 heavy (non-hydrogen) atoms. The SMILES string of the molecule is Cn1cnc2c(=O)n(-c3ccc(OC(F)(F)F)cc3)cnc21. The van der Waals surface area contributed by atoms with Crippen molar-refractivity contribution in [1.82, 2.24) is 19.1 Å². The van der Waals surface area contributed by atoms with Crippen LogP contribution in [0.25, 0.3) is 16.9 Å². The van der Waals surface area contributed by atoms with Gasteiger partial charge in [-0.3, -0.25) is 9.36 Å². The number of alkyl halides is 3. The average Bonchev–Trinajstić information content (AvgIpc) is 2.81. The number of hydrogen-bond donors (Lipinski definition) is 0. The lowest BCUT2D eigenvalue weighted by Crippen LogP contribution is -2.19. The van der Waals surface area contributed by atoms with Crippen molar-refractivity contribution >= 4 is 11.2 Å². The summed E-state index contributed by atoms with van der Waals surface area (Å²) in [6.07, 6.45) is -2.00. The topological polar surface area (TPSA) is 61.9 Å². The molecule has 0 amide bonds. The van der Waals surface area contributed by atoms with Crippen LogP contribution in [0.1, 0.15) is 0 Å². The molecule has 2 heterocycles. The largest absolute Gasteiger partial charge is 0.573 e. The molecule has 0 spiro atoms. The van der Waals surface area contributed by atoms with Gasteiger partial charge in [0, 0.05) is 7.05 Å². The maximum absolute atomic E-state index is 12.3. The van der Waals surface area contributed by atoms with Crippen LogP contribution >= 0.6 is 0 Å². The van der Waals surface area contributed by atoms with Crippen LogP contribution in [0, 0.1) is 0 Å². The van der Waals surface area contributed by atoms with E-state index in [-0.39, 0.29) is 11.3 Å². The van der Waals surface area contributed by atoms with Crippen molar-refractivity contribution in [2.75, 3.05) is 0 Å². The molecule has 3 rings (SSSR count). The number of aromatic nitrogens is 4. The summed E-state index contributed by atoms with van der Waals surface area (Å²) >= 11 is 0. The molecule has 3 aromatic rings. The molecule has 2 aromatic heterocycles. The standard InChI is InChI=1S/C13H9F3N4O2/c1-19-6-17-10-11(19)18-7-20(12(10)21)8-2-4-9(5-3-8)22-13(14,15)16/h2-7H,1H3. The highest BCUT2D eigenvalue weighted by Gasteiger charge is 2.31. The summed E-state index contributed by atoms with van der Waals surface area (Å²) in [4.78, 5) is 20.4. The van der Waals surface area contributed by atoms with Gasteiger partial charge >= 0.3 is 6.36 Å². The molecule has 6 nitrogen and oxygen atoms in total. The first kappa shape index (κ1) is 14.1. The average molecular weight is 310 g/mol. The van der Waals surface area contributed by atoms with Crippen molar-refractivity contribution in [3.05, 3.63) is 47.3 Å². The van der Waals surface area contributed by atoms with E-state index >= 15 is 0 Å². The number of rotatable bonds is 2. The highest BCUT2D eigenvalue weighted by atomic mass is 19.4. The lowest BCUT2D eigenvalue weighted by molar-refractivity contribution is -0.274. The van der Waals surface area contributed by atoms with Crippen LogP contribution in [-0.4, -0.2) is 25.5 Å². The minimum atomic E-state index is -4.76. The number of benzene rings is 1. The van der Waals surface area contributed by atoms with E-state index in [1.165, 1.54) is 29.4 Å². The zero-order chi connectivity index (χ0) is 15.9. The Morgan fingerprint density at radius 3 is 2.41 bits per heavy atom. The third-order valence-corrected chi connectivity index (χ3v) is 2.97. The summed E-state index contributed by atoms with van der Waals surface area (Å²) in [7, 11) is 1.70. The van der Waals surface area contributed by atoms with Crippen LogP contribution in [0.15, 0.2) is 41.7 Å². The lowest BCUT2D eigenvalue weighted by atomic mass is 10.3. The van der Waals surface area contributed by atoms with Crippen LogP contribution in [0.5, 0.6) is 5.75 Å².